The number of rotatable bonds is 6. The molecule has 5 N–H and O–H groups in total. The zero-order valence-electron chi connectivity index (χ0n) is 12.9. The lowest BCUT2D eigenvalue weighted by atomic mass is 10.1. The zero-order chi connectivity index (χ0) is 19.0. The molecule has 2 aliphatic heterocycles. The quantitative estimate of drug-likeness (QED) is 0.337. The van der Waals surface area contributed by atoms with Crippen molar-refractivity contribution in [2.24, 2.45) is 5.92 Å². The van der Waals surface area contributed by atoms with Crippen LogP contribution in [0.1, 0.15) is 13.3 Å². The molecule has 144 valence electrons. The second kappa shape index (κ2) is 7.39. The number of hydrogen-bond donors (Lipinski definition) is 5. The molecule has 5 atom stereocenters. The third kappa shape index (κ3) is 5.55. The van der Waals surface area contributed by atoms with Crippen LogP contribution in [0.15, 0.2) is 0 Å². The van der Waals surface area contributed by atoms with Crippen LogP contribution in [-0.4, -0.2) is 68.2 Å². The van der Waals surface area contributed by atoms with E-state index in [1.165, 1.54) is 4.90 Å². The van der Waals surface area contributed by atoms with E-state index in [9.17, 15) is 28.7 Å². The number of carbonyl (C=O) groups excluding carboxylic acids is 2. The van der Waals surface area contributed by atoms with Crippen LogP contribution in [0, 0.1) is 5.92 Å². The first-order valence-corrected chi connectivity index (χ1v) is 10.1. The Hall–Kier alpha value is -0.880. The van der Waals surface area contributed by atoms with Crippen molar-refractivity contribution in [3.05, 3.63) is 0 Å². The fourth-order valence-electron chi connectivity index (χ4n) is 2.39. The third-order valence-corrected chi connectivity index (χ3v) is 5.72. The molecule has 15 heteroatoms. The van der Waals surface area contributed by atoms with Gasteiger partial charge in [0.25, 0.3) is 0 Å². The number of ether oxygens (including phenoxy) is 1. The van der Waals surface area contributed by atoms with Crippen molar-refractivity contribution in [1.82, 2.24) is 10.2 Å². The molecule has 2 fully saturated rings. The Morgan fingerprint density at radius 3 is 2.56 bits per heavy atom. The first kappa shape index (κ1) is 20.4. The molecule has 2 rings (SSSR count). The molecular formula is C10H18N2O11P2. The number of nitrogens with one attached hydrogen (secondary N) is 1. The van der Waals surface area contributed by atoms with Crippen LogP contribution in [-0.2, 0) is 27.5 Å². The molecule has 2 saturated heterocycles. The highest BCUT2D eigenvalue weighted by Gasteiger charge is 2.43. The smallest absolute Gasteiger partial charge is 0.390 e. The Morgan fingerprint density at radius 2 is 1.96 bits per heavy atom. The summed E-state index contributed by atoms with van der Waals surface area (Å²) in [6, 6.07) is -0.695. The number of amides is 3. The van der Waals surface area contributed by atoms with Crippen LogP contribution in [0.4, 0.5) is 4.79 Å². The number of phosphoric ester groups is 1. The second-order valence-electron chi connectivity index (χ2n) is 5.62. The van der Waals surface area contributed by atoms with Crippen LogP contribution in [0.5, 0.6) is 0 Å². The van der Waals surface area contributed by atoms with E-state index in [0.29, 0.717) is 0 Å². The van der Waals surface area contributed by atoms with E-state index in [0.717, 1.165) is 0 Å². The van der Waals surface area contributed by atoms with Crippen molar-refractivity contribution in [3.63, 3.8) is 0 Å². The maximum atomic E-state index is 11.8. The molecule has 13 nitrogen and oxygen atoms in total. The third-order valence-electron chi connectivity index (χ3n) is 3.57. The number of aliphatic hydroxyl groups is 1. The molecule has 0 saturated carbocycles. The largest absolute Gasteiger partial charge is 0.481 e. The van der Waals surface area contributed by atoms with Crippen LogP contribution in [0.3, 0.4) is 0 Å². The van der Waals surface area contributed by atoms with E-state index in [-0.39, 0.29) is 13.0 Å². The van der Waals surface area contributed by atoms with Gasteiger partial charge in [-0.25, -0.2) is 13.9 Å². The van der Waals surface area contributed by atoms with E-state index < -0.39 is 58.5 Å². The van der Waals surface area contributed by atoms with Gasteiger partial charge in [0.2, 0.25) is 5.91 Å². The molecule has 3 amide bonds. The second-order valence-corrected chi connectivity index (χ2v) is 8.45. The van der Waals surface area contributed by atoms with Crippen molar-refractivity contribution in [2.75, 3.05) is 13.2 Å². The predicted octanol–water partition coefficient (Wildman–Crippen LogP) is -1.12. The Balaban J connectivity index is 1.93. The molecule has 25 heavy (non-hydrogen) atoms. The van der Waals surface area contributed by atoms with Gasteiger partial charge in [0.05, 0.1) is 18.6 Å². The molecule has 2 aliphatic rings. The Bertz CT molecular complexity index is 636. The zero-order valence-corrected chi connectivity index (χ0v) is 14.7. The fourth-order valence-corrected chi connectivity index (χ4v) is 3.99. The summed E-state index contributed by atoms with van der Waals surface area (Å²) in [6.45, 7) is 0.951. The molecule has 0 radical (unpaired) electrons. The first-order valence-electron chi connectivity index (χ1n) is 7.07. The SMILES string of the molecule is C[C@@H]1CN([C@@H]2C[C@@H](O)[C@H](COP(=O)(O)OP(=O)(O)O)O2)C(=O)NC1=O. The van der Waals surface area contributed by atoms with Crippen LogP contribution in [0.2, 0.25) is 0 Å². The van der Waals surface area contributed by atoms with Crippen molar-refractivity contribution >= 4 is 27.6 Å². The Labute approximate surface area is 141 Å². The average molecular weight is 404 g/mol. The summed E-state index contributed by atoms with van der Waals surface area (Å²) in [7, 11) is -10.3. The van der Waals surface area contributed by atoms with Crippen LogP contribution < -0.4 is 5.32 Å². The molecule has 2 heterocycles. The summed E-state index contributed by atoms with van der Waals surface area (Å²) in [5.41, 5.74) is 0. The van der Waals surface area contributed by atoms with Gasteiger partial charge in [0.15, 0.2) is 0 Å². The van der Waals surface area contributed by atoms with Gasteiger partial charge in [-0.3, -0.25) is 19.5 Å². The van der Waals surface area contributed by atoms with Gasteiger partial charge in [-0.15, -0.1) is 0 Å². The fraction of sp³-hybridized carbons (Fsp3) is 0.800. The first-order chi connectivity index (χ1) is 11.4. The highest BCUT2D eigenvalue weighted by molar-refractivity contribution is 7.60. The molecular weight excluding hydrogens is 386 g/mol. The molecule has 0 aliphatic carbocycles. The summed E-state index contributed by atoms with van der Waals surface area (Å²) in [6.07, 6.45) is -3.27. The van der Waals surface area contributed by atoms with Gasteiger partial charge in [-0.05, 0) is 0 Å². The number of nitrogens with zero attached hydrogens (tertiary/aromatic N) is 1. The summed E-state index contributed by atoms with van der Waals surface area (Å²) in [5.74, 6) is -0.918. The summed E-state index contributed by atoms with van der Waals surface area (Å²) >= 11 is 0. The van der Waals surface area contributed by atoms with Crippen molar-refractivity contribution in [1.29, 1.82) is 0 Å². The highest BCUT2D eigenvalue weighted by Crippen LogP contribution is 2.57. The van der Waals surface area contributed by atoms with E-state index in [1.807, 2.05) is 0 Å². The number of urea groups is 1. The molecule has 0 aromatic carbocycles. The maximum absolute atomic E-state index is 11.8. The number of hydrogen-bond acceptors (Lipinski definition) is 8. The van der Waals surface area contributed by atoms with E-state index in [1.54, 1.807) is 6.92 Å². The number of phosphoric acid groups is 2. The minimum absolute atomic E-state index is 0.0442. The van der Waals surface area contributed by atoms with Crippen LogP contribution in [0.25, 0.3) is 0 Å². The lowest BCUT2D eigenvalue weighted by Gasteiger charge is -2.34. The summed E-state index contributed by atoms with van der Waals surface area (Å²) in [4.78, 5) is 50.6. The normalized spacial score (nSPS) is 33.2. The maximum Gasteiger partial charge on any atom is 0.481 e. The standard InChI is InChI=1S/C10H18N2O11P2/c1-5-3-12(10(15)11-9(5)14)8-2-6(13)7(22-8)4-21-25(19,20)23-24(16,17)18/h5-8,13H,2-4H2,1H3,(H,19,20)(H,11,14,15)(H2,16,17,18)/t5-,6-,7+,8+/m1/s1. The Kier molecular flexibility index (Phi) is 6.04. The van der Waals surface area contributed by atoms with Gasteiger partial charge in [-0.1, -0.05) is 6.92 Å². The lowest BCUT2D eigenvalue weighted by molar-refractivity contribution is -0.128. The van der Waals surface area contributed by atoms with Crippen molar-refractivity contribution < 1.29 is 52.1 Å². The van der Waals surface area contributed by atoms with Crippen LogP contribution >= 0.6 is 15.6 Å². The molecule has 0 bridgehead atoms. The summed E-state index contributed by atoms with van der Waals surface area (Å²) < 4.78 is 35.3. The topological polar surface area (TPSA) is 192 Å². The van der Waals surface area contributed by atoms with Gasteiger partial charge in [0, 0.05) is 13.0 Å². The minimum atomic E-state index is -5.25. The van der Waals surface area contributed by atoms with Gasteiger partial charge in [0.1, 0.15) is 12.3 Å². The van der Waals surface area contributed by atoms with Gasteiger partial charge in [-0.2, -0.15) is 4.31 Å². The van der Waals surface area contributed by atoms with Crippen molar-refractivity contribution in [3.8, 4) is 0 Å². The average Bonchev–Trinajstić information content (AvgIpc) is 2.79. The molecule has 1 unspecified atom stereocenters. The Morgan fingerprint density at radius 1 is 1.32 bits per heavy atom. The molecule has 0 aromatic rings. The van der Waals surface area contributed by atoms with Gasteiger partial charge < -0.3 is 24.5 Å². The molecule has 0 aromatic heterocycles. The lowest BCUT2D eigenvalue weighted by Crippen LogP contribution is -2.57. The highest BCUT2D eigenvalue weighted by atomic mass is 31.3. The molecule has 0 spiro atoms. The number of imide groups is 1. The number of carbonyl (C=O) groups is 2. The van der Waals surface area contributed by atoms with E-state index >= 15 is 0 Å². The minimum Gasteiger partial charge on any atom is -0.390 e. The van der Waals surface area contributed by atoms with E-state index in [2.05, 4.69) is 14.2 Å². The van der Waals surface area contributed by atoms with E-state index in [4.69, 9.17) is 14.5 Å². The van der Waals surface area contributed by atoms with Crippen molar-refractivity contribution in [2.45, 2.75) is 31.8 Å². The number of aliphatic hydroxyl groups excluding tert-OH is 1. The monoisotopic (exact) mass is 404 g/mol. The van der Waals surface area contributed by atoms with Gasteiger partial charge >= 0.3 is 21.7 Å². The summed E-state index contributed by atoms with van der Waals surface area (Å²) in [5, 5.41) is 12.1. The predicted molar refractivity (Wildman–Crippen MR) is 77.6 cm³/mol.